The number of aromatic nitrogens is 1. The Balaban J connectivity index is 1.70. The van der Waals surface area contributed by atoms with E-state index in [0.29, 0.717) is 11.8 Å². The lowest BCUT2D eigenvalue weighted by Crippen LogP contribution is -2.24. The van der Waals surface area contributed by atoms with Crippen LogP contribution < -0.4 is 10.0 Å². The zero-order chi connectivity index (χ0) is 22.6. The number of aryl methyl sites for hydroxylation is 1. The zero-order valence-electron chi connectivity index (χ0n) is 16.3. The summed E-state index contributed by atoms with van der Waals surface area (Å²) < 4.78 is 65.5. The Labute approximate surface area is 177 Å². The number of benzene rings is 2. The van der Waals surface area contributed by atoms with Crippen LogP contribution in [0, 0.1) is 6.92 Å². The van der Waals surface area contributed by atoms with Gasteiger partial charge in [0.2, 0.25) is 0 Å². The Morgan fingerprint density at radius 1 is 1.03 bits per heavy atom. The van der Waals surface area contributed by atoms with E-state index in [1.165, 1.54) is 30.3 Å². The summed E-state index contributed by atoms with van der Waals surface area (Å²) in [5.41, 5.74) is 0.669. The first-order valence-electron chi connectivity index (χ1n) is 9.05. The van der Waals surface area contributed by atoms with Crippen LogP contribution in [-0.4, -0.2) is 19.3 Å². The standard InChI is InChI=1S/C21H18F3N3O3S/c1-14-4-3-11-25-19(14)13-26-20(28)15-7-9-18(10-8-15)31(29,30)27-17-6-2-5-16(12-17)21(22,23)24/h2-12,27H,13H2,1H3,(H,26,28). The number of amides is 1. The van der Waals surface area contributed by atoms with Gasteiger partial charge in [-0.25, -0.2) is 8.42 Å². The molecule has 1 aromatic heterocycles. The van der Waals surface area contributed by atoms with E-state index >= 15 is 0 Å². The summed E-state index contributed by atoms with van der Waals surface area (Å²) >= 11 is 0. The van der Waals surface area contributed by atoms with E-state index < -0.39 is 27.7 Å². The fourth-order valence-electron chi connectivity index (χ4n) is 2.73. The molecule has 10 heteroatoms. The molecule has 31 heavy (non-hydrogen) atoms. The molecule has 0 spiro atoms. The Hall–Kier alpha value is -3.40. The SMILES string of the molecule is Cc1cccnc1CNC(=O)c1ccc(S(=O)(=O)Nc2cccc(C(F)(F)F)c2)cc1. The minimum atomic E-state index is -4.59. The molecule has 0 fully saturated rings. The van der Waals surface area contributed by atoms with Crippen LogP contribution in [0.5, 0.6) is 0 Å². The molecular formula is C21H18F3N3O3S. The quantitative estimate of drug-likeness (QED) is 0.592. The van der Waals surface area contributed by atoms with Gasteiger partial charge in [0.25, 0.3) is 15.9 Å². The number of hydrogen-bond donors (Lipinski definition) is 2. The van der Waals surface area contributed by atoms with Crippen molar-refractivity contribution in [2.75, 3.05) is 4.72 Å². The first-order chi connectivity index (χ1) is 14.6. The summed E-state index contributed by atoms with van der Waals surface area (Å²) in [5, 5.41) is 2.70. The number of hydrogen-bond acceptors (Lipinski definition) is 4. The molecule has 0 aliphatic carbocycles. The van der Waals surface area contributed by atoms with E-state index in [2.05, 4.69) is 15.0 Å². The van der Waals surface area contributed by atoms with Crippen molar-refractivity contribution in [3.8, 4) is 0 Å². The minimum Gasteiger partial charge on any atom is -0.346 e. The van der Waals surface area contributed by atoms with Gasteiger partial charge >= 0.3 is 6.18 Å². The van der Waals surface area contributed by atoms with Crippen molar-refractivity contribution < 1.29 is 26.4 Å². The number of nitrogens with zero attached hydrogens (tertiary/aromatic N) is 1. The number of rotatable bonds is 6. The number of anilines is 1. The maximum Gasteiger partial charge on any atom is 0.416 e. The highest BCUT2D eigenvalue weighted by Crippen LogP contribution is 2.31. The predicted octanol–water partition coefficient (Wildman–Crippen LogP) is 4.14. The highest BCUT2D eigenvalue weighted by atomic mass is 32.2. The molecule has 6 nitrogen and oxygen atoms in total. The maximum atomic E-state index is 12.8. The molecule has 1 amide bonds. The molecule has 1 heterocycles. The second-order valence-electron chi connectivity index (χ2n) is 6.66. The third-order valence-corrected chi connectivity index (χ3v) is 5.80. The Bertz CT molecular complexity index is 1190. The van der Waals surface area contributed by atoms with E-state index in [4.69, 9.17) is 0 Å². The van der Waals surface area contributed by atoms with Crippen molar-refractivity contribution in [1.82, 2.24) is 10.3 Å². The summed E-state index contributed by atoms with van der Waals surface area (Å²) in [4.78, 5) is 16.3. The van der Waals surface area contributed by atoms with Crippen molar-refractivity contribution in [1.29, 1.82) is 0 Å². The van der Waals surface area contributed by atoms with Crippen molar-refractivity contribution in [2.45, 2.75) is 24.5 Å². The van der Waals surface area contributed by atoms with E-state index in [1.54, 1.807) is 12.3 Å². The normalized spacial score (nSPS) is 11.7. The van der Waals surface area contributed by atoms with Crippen LogP contribution in [0.4, 0.5) is 18.9 Å². The van der Waals surface area contributed by atoms with Crippen LogP contribution in [0.2, 0.25) is 0 Å². The van der Waals surface area contributed by atoms with Gasteiger partial charge in [0.05, 0.1) is 22.7 Å². The number of nitrogens with one attached hydrogen (secondary N) is 2. The average molecular weight is 449 g/mol. The highest BCUT2D eigenvalue weighted by Gasteiger charge is 2.30. The number of halogens is 3. The molecule has 0 saturated heterocycles. The van der Waals surface area contributed by atoms with Gasteiger partial charge < -0.3 is 5.32 Å². The number of carbonyl (C=O) groups is 1. The maximum absolute atomic E-state index is 12.8. The molecule has 0 aliphatic rings. The second kappa shape index (κ2) is 8.76. The lowest BCUT2D eigenvalue weighted by atomic mass is 10.2. The summed E-state index contributed by atoms with van der Waals surface area (Å²) in [5.74, 6) is -0.417. The van der Waals surface area contributed by atoms with Crippen LogP contribution in [0.15, 0.2) is 71.8 Å². The number of alkyl halides is 3. The molecule has 2 N–H and O–H groups in total. The fraction of sp³-hybridized carbons (Fsp3) is 0.143. The van der Waals surface area contributed by atoms with E-state index in [9.17, 15) is 26.4 Å². The fourth-order valence-corrected chi connectivity index (χ4v) is 3.78. The van der Waals surface area contributed by atoms with Gasteiger partial charge in [-0.05, 0) is 61.0 Å². The molecular weight excluding hydrogens is 431 g/mol. The van der Waals surface area contributed by atoms with Crippen molar-refractivity contribution in [2.24, 2.45) is 0 Å². The number of sulfonamides is 1. The van der Waals surface area contributed by atoms with E-state index in [0.717, 1.165) is 17.7 Å². The third kappa shape index (κ3) is 5.60. The second-order valence-corrected chi connectivity index (χ2v) is 8.34. The first kappa shape index (κ1) is 22.3. The van der Waals surface area contributed by atoms with E-state index in [-0.39, 0.29) is 22.7 Å². The summed E-state index contributed by atoms with van der Waals surface area (Å²) in [7, 11) is -4.14. The Kier molecular flexibility index (Phi) is 6.30. The first-order valence-corrected chi connectivity index (χ1v) is 10.5. The average Bonchev–Trinajstić information content (AvgIpc) is 2.72. The third-order valence-electron chi connectivity index (χ3n) is 4.40. The molecule has 3 aromatic rings. The molecule has 0 saturated carbocycles. The molecule has 0 aliphatic heterocycles. The molecule has 0 bridgehead atoms. The largest absolute Gasteiger partial charge is 0.416 e. The van der Waals surface area contributed by atoms with E-state index in [1.807, 2.05) is 13.0 Å². The van der Waals surface area contributed by atoms with Crippen molar-refractivity contribution in [3.05, 3.63) is 89.2 Å². The highest BCUT2D eigenvalue weighted by molar-refractivity contribution is 7.92. The molecule has 0 radical (unpaired) electrons. The van der Waals surface area contributed by atoms with Crippen LogP contribution >= 0.6 is 0 Å². The topological polar surface area (TPSA) is 88.2 Å². The zero-order valence-corrected chi connectivity index (χ0v) is 17.1. The molecule has 2 aromatic carbocycles. The Morgan fingerprint density at radius 2 is 1.74 bits per heavy atom. The lowest BCUT2D eigenvalue weighted by molar-refractivity contribution is -0.137. The van der Waals surface area contributed by atoms with Crippen LogP contribution in [0.3, 0.4) is 0 Å². The molecule has 162 valence electrons. The smallest absolute Gasteiger partial charge is 0.346 e. The summed E-state index contributed by atoms with van der Waals surface area (Å²) in [6, 6.07) is 12.6. The molecule has 0 unspecified atom stereocenters. The van der Waals surface area contributed by atoms with Crippen LogP contribution in [-0.2, 0) is 22.7 Å². The van der Waals surface area contributed by atoms with Crippen molar-refractivity contribution >= 4 is 21.6 Å². The van der Waals surface area contributed by atoms with Gasteiger partial charge in [-0.2, -0.15) is 13.2 Å². The molecule has 3 rings (SSSR count). The number of carbonyl (C=O) groups excluding carboxylic acids is 1. The summed E-state index contributed by atoms with van der Waals surface area (Å²) in [6.07, 6.45) is -2.98. The predicted molar refractivity (Wildman–Crippen MR) is 109 cm³/mol. The summed E-state index contributed by atoms with van der Waals surface area (Å²) in [6.45, 7) is 2.08. The monoisotopic (exact) mass is 449 g/mol. The van der Waals surface area contributed by atoms with Gasteiger partial charge in [0, 0.05) is 17.4 Å². The van der Waals surface area contributed by atoms with Crippen LogP contribution in [0.25, 0.3) is 0 Å². The van der Waals surface area contributed by atoms with Crippen molar-refractivity contribution in [3.63, 3.8) is 0 Å². The molecule has 0 atom stereocenters. The minimum absolute atomic E-state index is 0.193. The van der Waals surface area contributed by atoms with Gasteiger partial charge in [0.15, 0.2) is 0 Å². The van der Waals surface area contributed by atoms with Gasteiger partial charge in [-0.3, -0.25) is 14.5 Å². The number of pyridine rings is 1. The van der Waals surface area contributed by atoms with Crippen LogP contribution in [0.1, 0.15) is 27.2 Å². The van der Waals surface area contributed by atoms with Gasteiger partial charge in [-0.1, -0.05) is 12.1 Å². The lowest BCUT2D eigenvalue weighted by Gasteiger charge is -2.12. The van der Waals surface area contributed by atoms with Gasteiger partial charge in [0.1, 0.15) is 0 Å². The Morgan fingerprint density at radius 3 is 2.39 bits per heavy atom. The van der Waals surface area contributed by atoms with Gasteiger partial charge in [-0.15, -0.1) is 0 Å².